The van der Waals surface area contributed by atoms with Gasteiger partial charge in [0.2, 0.25) is 5.91 Å². The molecular weight excluding hydrogens is 297 g/mol. The van der Waals surface area contributed by atoms with E-state index in [1.54, 1.807) is 6.92 Å². The monoisotopic (exact) mass is 315 g/mol. The first kappa shape index (κ1) is 16.4. The first-order valence-electron chi connectivity index (χ1n) is 6.78. The number of amides is 1. The van der Waals surface area contributed by atoms with E-state index in [9.17, 15) is 26.7 Å². The van der Waals surface area contributed by atoms with E-state index in [1.165, 1.54) is 9.80 Å². The molecule has 122 valence electrons. The average molecular weight is 315 g/mol. The second-order valence-corrected chi connectivity index (χ2v) is 5.71. The molecular formula is C12H18F5N3O. The van der Waals surface area contributed by atoms with Gasteiger partial charge < -0.3 is 4.90 Å². The van der Waals surface area contributed by atoms with E-state index in [4.69, 9.17) is 0 Å². The van der Waals surface area contributed by atoms with Crippen LogP contribution in [0.1, 0.15) is 13.3 Å². The van der Waals surface area contributed by atoms with E-state index in [-0.39, 0.29) is 19.6 Å². The summed E-state index contributed by atoms with van der Waals surface area (Å²) in [4.78, 5) is 14.7. The molecule has 2 heterocycles. The summed E-state index contributed by atoms with van der Waals surface area (Å²) >= 11 is 0. The molecule has 0 aliphatic carbocycles. The summed E-state index contributed by atoms with van der Waals surface area (Å²) in [6, 6.07) is -1.40. The molecule has 2 rings (SSSR count). The van der Waals surface area contributed by atoms with Crippen LogP contribution < -0.4 is 5.32 Å². The number of hydrogen-bond donors (Lipinski definition) is 1. The number of carbonyl (C=O) groups excluding carboxylic acids is 1. The number of halogens is 5. The number of rotatable bonds is 2. The lowest BCUT2D eigenvalue weighted by Crippen LogP contribution is -2.58. The molecule has 2 atom stereocenters. The molecule has 1 amide bonds. The Morgan fingerprint density at radius 3 is 2.48 bits per heavy atom. The lowest BCUT2D eigenvalue weighted by Gasteiger charge is -2.40. The summed E-state index contributed by atoms with van der Waals surface area (Å²) in [6.45, 7) is 0.391. The van der Waals surface area contributed by atoms with E-state index >= 15 is 0 Å². The summed E-state index contributed by atoms with van der Waals surface area (Å²) in [5.74, 6) is -3.35. The highest BCUT2D eigenvalue weighted by Crippen LogP contribution is 2.27. The number of hydrogen-bond acceptors (Lipinski definition) is 3. The molecule has 1 N–H and O–H groups in total. The van der Waals surface area contributed by atoms with Gasteiger partial charge in [-0.05, 0) is 6.92 Å². The third-order valence-corrected chi connectivity index (χ3v) is 3.87. The molecule has 4 nitrogen and oxygen atoms in total. The lowest BCUT2D eigenvalue weighted by atomic mass is 10.1. The van der Waals surface area contributed by atoms with Crippen LogP contribution in [0.3, 0.4) is 0 Å². The molecule has 0 radical (unpaired) electrons. The SMILES string of the molecule is CC1CN(C(=O)C2CC(F)(F)CN2)CCN1CC(F)(F)F. The molecule has 2 fully saturated rings. The molecule has 0 aromatic heterocycles. The van der Waals surface area contributed by atoms with Crippen LogP contribution in [0.15, 0.2) is 0 Å². The molecule has 21 heavy (non-hydrogen) atoms. The molecule has 0 spiro atoms. The Bertz CT molecular complexity index is 401. The third kappa shape index (κ3) is 4.26. The Labute approximate surface area is 119 Å². The zero-order chi connectivity index (χ0) is 15.8. The topological polar surface area (TPSA) is 35.6 Å². The Morgan fingerprint density at radius 2 is 2.00 bits per heavy atom. The number of carbonyl (C=O) groups is 1. The average Bonchev–Trinajstić information content (AvgIpc) is 2.70. The van der Waals surface area contributed by atoms with Gasteiger partial charge in [0.15, 0.2) is 0 Å². The summed E-state index contributed by atoms with van der Waals surface area (Å²) < 4.78 is 63.3. The van der Waals surface area contributed by atoms with Crippen molar-refractivity contribution < 1.29 is 26.7 Å². The maximum absolute atomic E-state index is 13.1. The largest absolute Gasteiger partial charge is 0.401 e. The van der Waals surface area contributed by atoms with E-state index < -0.39 is 49.6 Å². The molecule has 2 unspecified atom stereocenters. The van der Waals surface area contributed by atoms with Crippen molar-refractivity contribution in [3.05, 3.63) is 0 Å². The van der Waals surface area contributed by atoms with E-state index in [2.05, 4.69) is 5.32 Å². The second kappa shape index (κ2) is 5.68. The quantitative estimate of drug-likeness (QED) is 0.775. The van der Waals surface area contributed by atoms with Crippen LogP contribution in [0.25, 0.3) is 0 Å². The minimum Gasteiger partial charge on any atom is -0.338 e. The Kier molecular flexibility index (Phi) is 4.44. The van der Waals surface area contributed by atoms with Gasteiger partial charge in [0.25, 0.3) is 5.92 Å². The van der Waals surface area contributed by atoms with E-state index in [0.717, 1.165) is 0 Å². The van der Waals surface area contributed by atoms with Crippen molar-refractivity contribution in [2.45, 2.75) is 37.5 Å². The molecule has 0 aromatic carbocycles. The molecule has 2 aliphatic rings. The fourth-order valence-corrected chi connectivity index (χ4v) is 2.77. The van der Waals surface area contributed by atoms with Crippen molar-refractivity contribution in [3.8, 4) is 0 Å². The van der Waals surface area contributed by atoms with Crippen LogP contribution in [0, 0.1) is 0 Å². The fourth-order valence-electron chi connectivity index (χ4n) is 2.77. The van der Waals surface area contributed by atoms with Crippen molar-refractivity contribution in [3.63, 3.8) is 0 Å². The highest BCUT2D eigenvalue weighted by Gasteiger charge is 2.44. The van der Waals surface area contributed by atoms with E-state index in [1.807, 2.05) is 0 Å². The third-order valence-electron chi connectivity index (χ3n) is 3.87. The van der Waals surface area contributed by atoms with Gasteiger partial charge in [-0.2, -0.15) is 13.2 Å². The highest BCUT2D eigenvalue weighted by atomic mass is 19.4. The zero-order valence-electron chi connectivity index (χ0n) is 11.6. The van der Waals surface area contributed by atoms with Gasteiger partial charge in [0.1, 0.15) is 0 Å². The van der Waals surface area contributed by atoms with Crippen molar-refractivity contribution >= 4 is 5.91 Å². The zero-order valence-corrected chi connectivity index (χ0v) is 11.6. The van der Waals surface area contributed by atoms with Gasteiger partial charge in [-0.25, -0.2) is 8.78 Å². The Hall–Kier alpha value is -0.960. The summed E-state index contributed by atoms with van der Waals surface area (Å²) in [5, 5.41) is 2.47. The highest BCUT2D eigenvalue weighted by molar-refractivity contribution is 5.82. The molecule has 2 saturated heterocycles. The first-order chi connectivity index (χ1) is 9.57. The Morgan fingerprint density at radius 1 is 1.33 bits per heavy atom. The molecule has 2 aliphatic heterocycles. The number of alkyl halides is 5. The van der Waals surface area contributed by atoms with Crippen LogP contribution in [-0.4, -0.2) is 72.6 Å². The molecule has 9 heteroatoms. The predicted molar refractivity (Wildman–Crippen MR) is 65.0 cm³/mol. The van der Waals surface area contributed by atoms with Crippen molar-refractivity contribution in [1.29, 1.82) is 0 Å². The van der Waals surface area contributed by atoms with Gasteiger partial charge in [-0.3, -0.25) is 15.0 Å². The van der Waals surface area contributed by atoms with Crippen LogP contribution in [0.2, 0.25) is 0 Å². The lowest BCUT2D eigenvalue weighted by molar-refractivity contribution is -0.158. The molecule has 0 saturated carbocycles. The van der Waals surface area contributed by atoms with Gasteiger partial charge in [0, 0.05) is 32.1 Å². The normalized spacial score (nSPS) is 30.7. The molecule has 0 bridgehead atoms. The standard InChI is InChI=1S/C12H18F5N3O/c1-8-5-19(2-3-20(8)7-12(15,16)17)10(21)9-4-11(13,14)6-18-9/h8-9,18H,2-7H2,1H3. The van der Waals surface area contributed by atoms with Crippen LogP contribution in [0.4, 0.5) is 22.0 Å². The van der Waals surface area contributed by atoms with Crippen LogP contribution in [-0.2, 0) is 4.79 Å². The van der Waals surface area contributed by atoms with Crippen molar-refractivity contribution in [1.82, 2.24) is 15.1 Å². The van der Waals surface area contributed by atoms with Gasteiger partial charge >= 0.3 is 6.18 Å². The minimum absolute atomic E-state index is 0.0928. The second-order valence-electron chi connectivity index (χ2n) is 5.71. The maximum Gasteiger partial charge on any atom is 0.401 e. The molecule has 0 aromatic rings. The summed E-state index contributed by atoms with van der Waals surface area (Å²) in [7, 11) is 0. The summed E-state index contributed by atoms with van der Waals surface area (Å²) in [5.41, 5.74) is 0. The van der Waals surface area contributed by atoms with Crippen molar-refractivity contribution in [2.24, 2.45) is 0 Å². The van der Waals surface area contributed by atoms with Crippen LogP contribution >= 0.6 is 0 Å². The van der Waals surface area contributed by atoms with Gasteiger partial charge in [-0.1, -0.05) is 0 Å². The fraction of sp³-hybridized carbons (Fsp3) is 0.917. The Balaban J connectivity index is 1.89. The van der Waals surface area contributed by atoms with Gasteiger partial charge in [-0.15, -0.1) is 0 Å². The number of nitrogens with zero attached hydrogens (tertiary/aromatic N) is 2. The first-order valence-corrected chi connectivity index (χ1v) is 6.78. The number of nitrogens with one attached hydrogen (secondary N) is 1. The van der Waals surface area contributed by atoms with Crippen LogP contribution in [0.5, 0.6) is 0 Å². The predicted octanol–water partition coefficient (Wildman–Crippen LogP) is 1.08. The van der Waals surface area contributed by atoms with E-state index in [0.29, 0.717) is 0 Å². The smallest absolute Gasteiger partial charge is 0.338 e. The number of piperazine rings is 1. The minimum atomic E-state index is -4.28. The maximum atomic E-state index is 13.1. The van der Waals surface area contributed by atoms with Gasteiger partial charge in [0.05, 0.1) is 19.1 Å². The summed E-state index contributed by atoms with van der Waals surface area (Å²) in [6.07, 6.45) is -4.83. The van der Waals surface area contributed by atoms with Crippen molar-refractivity contribution in [2.75, 3.05) is 32.7 Å².